The van der Waals surface area contributed by atoms with E-state index in [0.717, 1.165) is 18.2 Å². The molecule has 0 radical (unpaired) electrons. The number of rotatable bonds is 6. The van der Waals surface area contributed by atoms with Crippen LogP contribution >= 0.6 is 11.8 Å². The summed E-state index contributed by atoms with van der Waals surface area (Å²) in [5.41, 5.74) is 0. The van der Waals surface area contributed by atoms with Crippen LogP contribution in [0.3, 0.4) is 0 Å². The molecule has 0 aromatic carbocycles. The molecule has 1 saturated heterocycles. The molecule has 0 aromatic heterocycles. The van der Waals surface area contributed by atoms with Gasteiger partial charge < -0.3 is 10.6 Å². The lowest BCUT2D eigenvalue weighted by Gasteiger charge is -2.23. The third-order valence-corrected chi connectivity index (χ3v) is 5.52. The summed E-state index contributed by atoms with van der Waals surface area (Å²) in [5.74, 6) is 1.46. The van der Waals surface area contributed by atoms with Gasteiger partial charge in [0, 0.05) is 23.8 Å². The summed E-state index contributed by atoms with van der Waals surface area (Å²) >= 11 is 2.04. The zero-order chi connectivity index (χ0) is 13.5. The van der Waals surface area contributed by atoms with Crippen molar-refractivity contribution in [3.8, 4) is 0 Å². The van der Waals surface area contributed by atoms with Crippen molar-refractivity contribution in [2.75, 3.05) is 12.3 Å². The molecule has 1 aliphatic carbocycles. The Morgan fingerprint density at radius 1 is 1.32 bits per heavy atom. The van der Waals surface area contributed by atoms with Gasteiger partial charge in [-0.05, 0) is 50.8 Å². The molecule has 0 spiro atoms. The third kappa shape index (κ3) is 5.35. The molecule has 110 valence electrons. The number of hydrogen-bond acceptors (Lipinski definition) is 3. The minimum absolute atomic E-state index is 0.263. The number of carbonyl (C=O) groups excluding carboxylic acids is 1. The van der Waals surface area contributed by atoms with E-state index in [1.165, 1.54) is 44.3 Å². The van der Waals surface area contributed by atoms with E-state index in [9.17, 15) is 4.79 Å². The van der Waals surface area contributed by atoms with Crippen LogP contribution in [0.5, 0.6) is 0 Å². The molecular formula is C15H28N2OS. The van der Waals surface area contributed by atoms with Gasteiger partial charge in [-0.3, -0.25) is 4.79 Å². The van der Waals surface area contributed by atoms with Crippen molar-refractivity contribution in [3.63, 3.8) is 0 Å². The number of carbonyl (C=O) groups is 1. The van der Waals surface area contributed by atoms with Gasteiger partial charge in [0.1, 0.15) is 0 Å². The van der Waals surface area contributed by atoms with Crippen molar-refractivity contribution in [2.45, 2.75) is 75.6 Å². The monoisotopic (exact) mass is 284 g/mol. The highest BCUT2D eigenvalue weighted by Crippen LogP contribution is 2.29. The average Bonchev–Trinajstić information content (AvgIpc) is 2.85. The molecule has 3 unspecified atom stereocenters. The van der Waals surface area contributed by atoms with E-state index >= 15 is 0 Å². The van der Waals surface area contributed by atoms with Crippen molar-refractivity contribution in [1.82, 2.24) is 10.6 Å². The van der Waals surface area contributed by atoms with Crippen LogP contribution < -0.4 is 10.6 Å². The van der Waals surface area contributed by atoms with Crippen LogP contribution in [-0.4, -0.2) is 35.5 Å². The van der Waals surface area contributed by atoms with Gasteiger partial charge in [-0.1, -0.05) is 13.3 Å². The van der Waals surface area contributed by atoms with Gasteiger partial charge in [0.05, 0.1) is 0 Å². The molecule has 2 fully saturated rings. The first-order valence-corrected chi connectivity index (χ1v) is 8.97. The first-order chi connectivity index (χ1) is 9.28. The smallest absolute Gasteiger partial charge is 0.220 e. The van der Waals surface area contributed by atoms with Gasteiger partial charge in [0.25, 0.3) is 0 Å². The summed E-state index contributed by atoms with van der Waals surface area (Å²) in [6, 6.07) is 1.02. The fourth-order valence-electron chi connectivity index (χ4n) is 3.23. The first-order valence-electron chi connectivity index (χ1n) is 7.92. The van der Waals surface area contributed by atoms with E-state index in [-0.39, 0.29) is 5.91 Å². The zero-order valence-electron chi connectivity index (χ0n) is 12.1. The van der Waals surface area contributed by atoms with Gasteiger partial charge in [-0.2, -0.15) is 11.8 Å². The minimum Gasteiger partial charge on any atom is -0.353 e. The van der Waals surface area contributed by atoms with E-state index in [4.69, 9.17) is 0 Å². The molecule has 1 saturated carbocycles. The number of hydrogen-bond donors (Lipinski definition) is 2. The second-order valence-corrected chi connectivity index (χ2v) is 7.42. The molecule has 3 atom stereocenters. The number of thioether (sulfide) groups is 1. The maximum Gasteiger partial charge on any atom is 0.220 e. The summed E-state index contributed by atoms with van der Waals surface area (Å²) in [7, 11) is 0. The van der Waals surface area contributed by atoms with E-state index < -0.39 is 0 Å². The molecule has 0 bridgehead atoms. The van der Waals surface area contributed by atoms with Crippen LogP contribution in [0.2, 0.25) is 0 Å². The van der Waals surface area contributed by atoms with Crippen LogP contribution in [0, 0.1) is 0 Å². The van der Waals surface area contributed by atoms with Gasteiger partial charge in [0.15, 0.2) is 0 Å². The summed E-state index contributed by atoms with van der Waals surface area (Å²) in [6.45, 7) is 3.35. The summed E-state index contributed by atoms with van der Waals surface area (Å²) in [6.07, 6.45) is 9.17. The predicted molar refractivity (Wildman–Crippen MR) is 82.6 cm³/mol. The fourth-order valence-corrected chi connectivity index (χ4v) is 4.38. The molecule has 3 nitrogen and oxygen atoms in total. The molecule has 2 aliphatic rings. The lowest BCUT2D eigenvalue weighted by molar-refractivity contribution is -0.122. The first kappa shape index (κ1) is 15.2. The van der Waals surface area contributed by atoms with Crippen LogP contribution in [0.15, 0.2) is 0 Å². The van der Waals surface area contributed by atoms with Gasteiger partial charge in [-0.25, -0.2) is 0 Å². The number of amides is 1. The molecular weight excluding hydrogens is 256 g/mol. The normalized spacial score (nSPS) is 31.3. The lowest BCUT2D eigenvalue weighted by Crippen LogP contribution is -2.37. The van der Waals surface area contributed by atoms with E-state index in [1.54, 1.807) is 0 Å². The molecule has 1 aliphatic heterocycles. The maximum absolute atomic E-state index is 12.0. The highest BCUT2D eigenvalue weighted by atomic mass is 32.2. The van der Waals surface area contributed by atoms with Crippen molar-refractivity contribution < 1.29 is 4.79 Å². The summed E-state index contributed by atoms with van der Waals surface area (Å²) in [5, 5.41) is 7.51. The number of nitrogens with one attached hydrogen (secondary N) is 2. The molecule has 1 heterocycles. The quantitative estimate of drug-likeness (QED) is 0.788. The second kappa shape index (κ2) is 8.15. The maximum atomic E-state index is 12.0. The second-order valence-electron chi connectivity index (χ2n) is 5.84. The lowest BCUT2D eigenvalue weighted by atomic mass is 10.0. The largest absolute Gasteiger partial charge is 0.353 e. The van der Waals surface area contributed by atoms with Crippen LogP contribution in [-0.2, 0) is 4.79 Å². The Bertz CT molecular complexity index is 279. The molecule has 0 aromatic rings. The fraction of sp³-hybridized carbons (Fsp3) is 0.933. The highest BCUT2D eigenvalue weighted by molar-refractivity contribution is 7.99. The van der Waals surface area contributed by atoms with Crippen LogP contribution in [0.25, 0.3) is 0 Å². The Balaban J connectivity index is 1.59. The van der Waals surface area contributed by atoms with Crippen LogP contribution in [0.4, 0.5) is 0 Å². The van der Waals surface area contributed by atoms with Crippen molar-refractivity contribution in [2.24, 2.45) is 0 Å². The Hall–Kier alpha value is -0.220. The molecule has 2 N–H and O–H groups in total. The Kier molecular flexibility index (Phi) is 6.51. The summed E-state index contributed by atoms with van der Waals surface area (Å²) < 4.78 is 0. The van der Waals surface area contributed by atoms with Gasteiger partial charge >= 0.3 is 0 Å². The summed E-state index contributed by atoms with van der Waals surface area (Å²) in [4.78, 5) is 12.0. The molecule has 19 heavy (non-hydrogen) atoms. The minimum atomic E-state index is 0.263. The Morgan fingerprint density at radius 2 is 2.21 bits per heavy atom. The zero-order valence-corrected chi connectivity index (χ0v) is 12.9. The number of piperidine rings is 1. The van der Waals surface area contributed by atoms with E-state index in [0.29, 0.717) is 18.5 Å². The van der Waals surface area contributed by atoms with Crippen molar-refractivity contribution in [1.29, 1.82) is 0 Å². The third-order valence-electron chi connectivity index (χ3n) is 4.28. The SMILES string of the molecule is CCSC1CCC(NC(=O)CCC2CCCCN2)C1. The van der Waals surface area contributed by atoms with Crippen LogP contribution in [0.1, 0.15) is 58.3 Å². The predicted octanol–water partition coefficient (Wildman–Crippen LogP) is 2.70. The van der Waals surface area contributed by atoms with E-state index in [1.807, 2.05) is 11.8 Å². The van der Waals surface area contributed by atoms with Crippen molar-refractivity contribution in [3.05, 3.63) is 0 Å². The molecule has 2 rings (SSSR count). The van der Waals surface area contributed by atoms with Gasteiger partial charge in [-0.15, -0.1) is 0 Å². The molecule has 1 amide bonds. The standard InChI is InChI=1S/C15H28N2OS/c1-2-19-14-8-6-13(11-14)17-15(18)9-7-12-5-3-4-10-16-12/h12-14,16H,2-11H2,1H3,(H,17,18). The Morgan fingerprint density at radius 3 is 2.95 bits per heavy atom. The van der Waals surface area contributed by atoms with Crippen molar-refractivity contribution >= 4 is 17.7 Å². The molecule has 4 heteroatoms. The van der Waals surface area contributed by atoms with E-state index in [2.05, 4.69) is 17.6 Å². The topological polar surface area (TPSA) is 41.1 Å². The van der Waals surface area contributed by atoms with Gasteiger partial charge in [0.2, 0.25) is 5.91 Å². The average molecular weight is 284 g/mol. The Labute approximate surface area is 121 Å². The highest BCUT2D eigenvalue weighted by Gasteiger charge is 2.25.